The van der Waals surface area contributed by atoms with E-state index in [2.05, 4.69) is 4.98 Å². The fraction of sp³-hybridized carbons (Fsp3) is 0.308. The summed E-state index contributed by atoms with van der Waals surface area (Å²) in [4.78, 5) is 5.28. The van der Waals surface area contributed by atoms with Crippen LogP contribution in [-0.2, 0) is 0 Å². The lowest BCUT2D eigenvalue weighted by atomic mass is 10.1. The molecule has 4 nitrogen and oxygen atoms in total. The summed E-state index contributed by atoms with van der Waals surface area (Å²) < 4.78 is 10.7. The molecule has 0 amide bonds. The lowest BCUT2D eigenvalue weighted by Gasteiger charge is -2.15. The van der Waals surface area contributed by atoms with Crippen LogP contribution in [0.25, 0.3) is 0 Å². The van der Waals surface area contributed by atoms with Crippen LogP contribution in [0.3, 0.4) is 0 Å². The molecule has 2 N–H and O–H groups in total. The molecule has 1 aromatic carbocycles. The zero-order chi connectivity index (χ0) is 13.1. The molecule has 0 bridgehead atoms. The van der Waals surface area contributed by atoms with Crippen molar-refractivity contribution < 1.29 is 9.15 Å². The second kappa shape index (κ2) is 5.46. The fourth-order valence-corrected chi connectivity index (χ4v) is 2.73. The summed E-state index contributed by atoms with van der Waals surface area (Å²) in [6.07, 6.45) is 1.63. The molecule has 2 aromatic rings. The Labute approximate surface area is 111 Å². The summed E-state index contributed by atoms with van der Waals surface area (Å²) in [5.41, 5.74) is 7.84. The third kappa shape index (κ3) is 2.68. The number of benzene rings is 1. The first-order valence-electron chi connectivity index (χ1n) is 5.64. The third-order valence-electron chi connectivity index (χ3n) is 2.50. The Kier molecular flexibility index (Phi) is 3.93. The molecule has 0 saturated heterocycles. The lowest BCUT2D eigenvalue weighted by molar-refractivity contribution is 0.405. The van der Waals surface area contributed by atoms with Gasteiger partial charge >= 0.3 is 0 Å². The van der Waals surface area contributed by atoms with Crippen LogP contribution in [0.2, 0.25) is 0 Å². The van der Waals surface area contributed by atoms with E-state index >= 15 is 0 Å². The molecule has 0 radical (unpaired) electrons. The number of ether oxygens (including phenoxy) is 1. The summed E-state index contributed by atoms with van der Waals surface area (Å²) in [7, 11) is 1.64. The van der Waals surface area contributed by atoms with Gasteiger partial charge in [0.1, 0.15) is 12.0 Å². The van der Waals surface area contributed by atoms with E-state index in [-0.39, 0.29) is 6.04 Å². The Hall–Kier alpha value is -1.46. The van der Waals surface area contributed by atoms with Gasteiger partial charge < -0.3 is 14.9 Å². The van der Waals surface area contributed by atoms with Gasteiger partial charge in [0.2, 0.25) is 0 Å². The highest BCUT2D eigenvalue weighted by molar-refractivity contribution is 7.99. The van der Waals surface area contributed by atoms with E-state index in [1.54, 1.807) is 13.4 Å². The summed E-state index contributed by atoms with van der Waals surface area (Å²) in [5.74, 6) is 0.790. The zero-order valence-electron chi connectivity index (χ0n) is 10.6. The first-order chi connectivity index (χ1) is 8.61. The van der Waals surface area contributed by atoms with E-state index in [4.69, 9.17) is 14.9 Å². The topological polar surface area (TPSA) is 61.3 Å². The van der Waals surface area contributed by atoms with Gasteiger partial charge in [-0.25, -0.2) is 4.98 Å². The van der Waals surface area contributed by atoms with Gasteiger partial charge in [0.25, 0.3) is 5.22 Å². The van der Waals surface area contributed by atoms with Gasteiger partial charge in [-0.3, -0.25) is 0 Å². The summed E-state index contributed by atoms with van der Waals surface area (Å²) in [6, 6.07) is 5.72. The smallest absolute Gasteiger partial charge is 0.260 e. The van der Waals surface area contributed by atoms with Crippen molar-refractivity contribution >= 4 is 11.8 Å². The number of nitrogens with zero attached hydrogens (tertiary/aromatic N) is 1. The number of oxazole rings is 1. The Morgan fingerprint density at radius 1 is 1.44 bits per heavy atom. The Morgan fingerprint density at radius 2 is 2.22 bits per heavy atom. The molecule has 0 saturated carbocycles. The number of methoxy groups -OCH3 is 1. The molecule has 96 valence electrons. The second-order valence-electron chi connectivity index (χ2n) is 4.02. The number of hydrogen-bond donors (Lipinski definition) is 1. The second-order valence-corrected chi connectivity index (χ2v) is 5.01. The molecule has 0 spiro atoms. The van der Waals surface area contributed by atoms with Crippen molar-refractivity contribution in [1.82, 2.24) is 4.98 Å². The average Bonchev–Trinajstić information content (AvgIpc) is 2.74. The summed E-state index contributed by atoms with van der Waals surface area (Å²) in [5, 5.41) is 0.614. The SMILES string of the molecule is COc1cccc(Sc2nc(C)co2)c1[C@H](C)N. The Morgan fingerprint density at radius 3 is 2.78 bits per heavy atom. The van der Waals surface area contributed by atoms with Crippen molar-refractivity contribution in [2.24, 2.45) is 5.73 Å². The van der Waals surface area contributed by atoms with Gasteiger partial charge in [-0.05, 0) is 37.7 Å². The van der Waals surface area contributed by atoms with E-state index in [1.807, 2.05) is 32.0 Å². The van der Waals surface area contributed by atoms with Crippen molar-refractivity contribution in [2.45, 2.75) is 30.0 Å². The monoisotopic (exact) mass is 264 g/mol. The van der Waals surface area contributed by atoms with E-state index in [0.29, 0.717) is 5.22 Å². The average molecular weight is 264 g/mol. The molecule has 0 aliphatic rings. The van der Waals surface area contributed by atoms with Crippen LogP contribution in [0, 0.1) is 6.92 Å². The summed E-state index contributed by atoms with van der Waals surface area (Å²) in [6.45, 7) is 3.83. The number of aryl methyl sites for hydroxylation is 1. The molecular formula is C13H16N2O2S. The molecule has 0 unspecified atom stereocenters. The lowest BCUT2D eigenvalue weighted by Crippen LogP contribution is -2.08. The van der Waals surface area contributed by atoms with E-state index in [9.17, 15) is 0 Å². The molecule has 0 fully saturated rings. The standard InChI is InChI=1S/C13H16N2O2S/c1-8-7-17-13(15-8)18-11-6-4-5-10(16-3)12(11)9(2)14/h4-7,9H,14H2,1-3H3/t9-/m0/s1. The molecule has 1 heterocycles. The van der Waals surface area contributed by atoms with Gasteiger partial charge in [-0.1, -0.05) is 6.07 Å². The minimum absolute atomic E-state index is 0.111. The van der Waals surface area contributed by atoms with Crippen LogP contribution in [0.4, 0.5) is 0 Å². The molecule has 0 aliphatic heterocycles. The number of rotatable bonds is 4. The largest absolute Gasteiger partial charge is 0.496 e. The number of aromatic nitrogens is 1. The van der Waals surface area contributed by atoms with Crippen molar-refractivity contribution in [3.8, 4) is 5.75 Å². The number of hydrogen-bond acceptors (Lipinski definition) is 5. The van der Waals surface area contributed by atoms with Crippen LogP contribution < -0.4 is 10.5 Å². The maximum Gasteiger partial charge on any atom is 0.260 e. The fourth-order valence-electron chi connectivity index (χ4n) is 1.71. The van der Waals surface area contributed by atoms with Crippen molar-refractivity contribution in [1.29, 1.82) is 0 Å². The maximum absolute atomic E-state index is 6.01. The summed E-state index contributed by atoms with van der Waals surface area (Å²) >= 11 is 1.46. The van der Waals surface area contributed by atoms with Crippen LogP contribution in [0.15, 0.2) is 39.0 Å². The molecular weight excluding hydrogens is 248 g/mol. The van der Waals surface area contributed by atoms with Gasteiger partial charge in [-0.15, -0.1) is 0 Å². The highest BCUT2D eigenvalue weighted by Crippen LogP contribution is 2.37. The molecule has 1 atom stereocenters. The molecule has 2 rings (SSSR count). The molecule has 18 heavy (non-hydrogen) atoms. The van der Waals surface area contributed by atoms with Crippen LogP contribution in [-0.4, -0.2) is 12.1 Å². The van der Waals surface area contributed by atoms with E-state index < -0.39 is 0 Å². The maximum atomic E-state index is 6.01. The van der Waals surface area contributed by atoms with Crippen molar-refractivity contribution in [2.75, 3.05) is 7.11 Å². The zero-order valence-corrected chi connectivity index (χ0v) is 11.5. The van der Waals surface area contributed by atoms with Gasteiger partial charge in [0.05, 0.1) is 12.8 Å². The highest BCUT2D eigenvalue weighted by atomic mass is 32.2. The van der Waals surface area contributed by atoms with Gasteiger partial charge in [0, 0.05) is 16.5 Å². The van der Waals surface area contributed by atoms with Crippen molar-refractivity contribution in [3.05, 3.63) is 35.7 Å². The minimum Gasteiger partial charge on any atom is -0.496 e. The molecule has 1 aromatic heterocycles. The first-order valence-corrected chi connectivity index (χ1v) is 6.46. The van der Waals surface area contributed by atoms with E-state index in [0.717, 1.165) is 21.9 Å². The van der Waals surface area contributed by atoms with Crippen molar-refractivity contribution in [3.63, 3.8) is 0 Å². The molecule has 5 heteroatoms. The van der Waals surface area contributed by atoms with E-state index in [1.165, 1.54) is 11.8 Å². The Bertz CT molecular complexity index is 538. The first kappa shape index (κ1) is 13.0. The van der Waals surface area contributed by atoms with Gasteiger partial charge in [-0.2, -0.15) is 0 Å². The minimum atomic E-state index is -0.111. The molecule has 0 aliphatic carbocycles. The van der Waals surface area contributed by atoms with Crippen LogP contribution >= 0.6 is 11.8 Å². The predicted octanol–water partition coefficient (Wildman–Crippen LogP) is 3.16. The highest BCUT2D eigenvalue weighted by Gasteiger charge is 2.15. The number of nitrogens with two attached hydrogens (primary N) is 1. The third-order valence-corrected chi connectivity index (χ3v) is 3.43. The van der Waals surface area contributed by atoms with Crippen LogP contribution in [0.5, 0.6) is 5.75 Å². The predicted molar refractivity (Wildman–Crippen MR) is 71.0 cm³/mol. The van der Waals surface area contributed by atoms with Gasteiger partial charge in [0.15, 0.2) is 0 Å². The normalized spacial score (nSPS) is 12.4. The Balaban J connectivity index is 2.37. The quantitative estimate of drug-likeness (QED) is 0.919. The van der Waals surface area contributed by atoms with Crippen LogP contribution in [0.1, 0.15) is 24.2 Å².